The highest BCUT2D eigenvalue weighted by Gasteiger charge is 2.24. The molecule has 7 heteroatoms. The van der Waals surface area contributed by atoms with Crippen LogP contribution in [0, 0.1) is 0 Å². The lowest BCUT2D eigenvalue weighted by atomic mass is 10.0. The summed E-state index contributed by atoms with van der Waals surface area (Å²) >= 11 is 0.898. The number of anilines is 1. The average Bonchev–Trinajstić information content (AvgIpc) is 2.92. The van der Waals surface area contributed by atoms with Gasteiger partial charge in [0.15, 0.2) is 0 Å². The Bertz CT molecular complexity index is 1040. The Morgan fingerprint density at radius 3 is 2.68 bits per heavy atom. The summed E-state index contributed by atoms with van der Waals surface area (Å²) in [5.41, 5.74) is 9.20. The summed E-state index contributed by atoms with van der Waals surface area (Å²) < 4.78 is 0. The van der Waals surface area contributed by atoms with Gasteiger partial charge in [-0.1, -0.05) is 6.07 Å². The maximum atomic E-state index is 11.7. The van der Waals surface area contributed by atoms with Crippen molar-refractivity contribution in [3.05, 3.63) is 59.3 Å². The lowest BCUT2D eigenvalue weighted by Crippen LogP contribution is -2.17. The summed E-state index contributed by atoms with van der Waals surface area (Å²) in [6.07, 6.45) is 5.15. The Kier molecular flexibility index (Phi) is 3.70. The number of amides is 2. The predicted octanol–water partition coefficient (Wildman–Crippen LogP) is 3.20. The molecule has 1 fully saturated rings. The minimum Gasteiger partial charge on any atom is -0.384 e. The van der Waals surface area contributed by atoms with Gasteiger partial charge in [-0.3, -0.25) is 19.9 Å². The Morgan fingerprint density at radius 1 is 1.08 bits per heavy atom. The molecule has 122 valence electrons. The third-order valence-corrected chi connectivity index (χ3v) is 4.61. The Balaban J connectivity index is 1.83. The zero-order valence-corrected chi connectivity index (χ0v) is 13.7. The van der Waals surface area contributed by atoms with Crippen molar-refractivity contribution >= 4 is 45.7 Å². The molecular formula is C18H12N4O2S. The maximum absolute atomic E-state index is 11.7. The monoisotopic (exact) mass is 348 g/mol. The van der Waals surface area contributed by atoms with Gasteiger partial charge in [0, 0.05) is 23.3 Å². The van der Waals surface area contributed by atoms with Crippen LogP contribution >= 0.6 is 11.8 Å². The number of aromatic nitrogens is 2. The van der Waals surface area contributed by atoms with Gasteiger partial charge in [-0.05, 0) is 59.3 Å². The fraction of sp³-hybridized carbons (Fsp3) is 0. The smallest absolute Gasteiger partial charge is 0.290 e. The third kappa shape index (κ3) is 2.97. The van der Waals surface area contributed by atoms with Crippen molar-refractivity contribution in [1.29, 1.82) is 0 Å². The van der Waals surface area contributed by atoms with Gasteiger partial charge in [-0.25, -0.2) is 4.98 Å². The molecule has 1 aromatic carbocycles. The normalized spacial score (nSPS) is 15.8. The molecule has 1 saturated heterocycles. The Hall–Kier alpha value is -3.19. The summed E-state index contributed by atoms with van der Waals surface area (Å²) in [7, 11) is 0. The predicted molar refractivity (Wildman–Crippen MR) is 98.5 cm³/mol. The van der Waals surface area contributed by atoms with Crippen molar-refractivity contribution in [3.8, 4) is 11.1 Å². The number of rotatable bonds is 2. The van der Waals surface area contributed by atoms with E-state index in [4.69, 9.17) is 5.73 Å². The van der Waals surface area contributed by atoms with E-state index in [0.717, 1.165) is 39.4 Å². The van der Waals surface area contributed by atoms with E-state index in [1.807, 2.05) is 30.3 Å². The van der Waals surface area contributed by atoms with E-state index in [1.54, 1.807) is 24.5 Å². The molecule has 25 heavy (non-hydrogen) atoms. The quantitative estimate of drug-likeness (QED) is 0.690. The molecule has 0 aliphatic carbocycles. The highest BCUT2D eigenvalue weighted by molar-refractivity contribution is 8.18. The summed E-state index contributed by atoms with van der Waals surface area (Å²) in [6, 6.07) is 11.3. The van der Waals surface area contributed by atoms with Gasteiger partial charge in [0.25, 0.3) is 11.1 Å². The van der Waals surface area contributed by atoms with Gasteiger partial charge in [0.1, 0.15) is 5.82 Å². The van der Waals surface area contributed by atoms with Gasteiger partial charge in [0.05, 0.1) is 10.4 Å². The molecule has 0 saturated carbocycles. The number of hydrogen-bond acceptors (Lipinski definition) is 6. The lowest BCUT2D eigenvalue weighted by Gasteiger charge is -2.07. The van der Waals surface area contributed by atoms with Crippen LogP contribution in [0.15, 0.2) is 53.7 Å². The largest absolute Gasteiger partial charge is 0.384 e. The van der Waals surface area contributed by atoms with E-state index < -0.39 is 0 Å². The number of carbonyl (C=O) groups excluding carboxylic acids is 2. The van der Waals surface area contributed by atoms with Gasteiger partial charge >= 0.3 is 0 Å². The zero-order valence-electron chi connectivity index (χ0n) is 12.9. The second kappa shape index (κ2) is 6.03. The van der Waals surface area contributed by atoms with Crippen LogP contribution < -0.4 is 11.1 Å². The second-order valence-electron chi connectivity index (χ2n) is 5.46. The standard InChI is InChI=1S/C18H12N4O2S/c19-16-4-2-11(9-21-16)12-5-6-20-14-3-1-10(7-13(12)14)8-15-17(23)22-18(24)25-15/h1-9H,(H2,19,21)(H,22,23,24). The lowest BCUT2D eigenvalue weighted by molar-refractivity contribution is -0.115. The number of nitrogens with one attached hydrogen (secondary N) is 1. The zero-order chi connectivity index (χ0) is 17.4. The van der Waals surface area contributed by atoms with Crippen molar-refractivity contribution in [1.82, 2.24) is 15.3 Å². The van der Waals surface area contributed by atoms with E-state index >= 15 is 0 Å². The van der Waals surface area contributed by atoms with Gasteiger partial charge in [-0.2, -0.15) is 0 Å². The summed E-state index contributed by atoms with van der Waals surface area (Å²) in [5.74, 6) is 0.0886. The second-order valence-corrected chi connectivity index (χ2v) is 6.47. The van der Waals surface area contributed by atoms with Crippen molar-refractivity contribution in [3.63, 3.8) is 0 Å². The minimum absolute atomic E-state index is 0.354. The summed E-state index contributed by atoms with van der Waals surface area (Å²) in [4.78, 5) is 31.9. The van der Waals surface area contributed by atoms with Crippen LogP contribution in [-0.2, 0) is 4.79 Å². The maximum Gasteiger partial charge on any atom is 0.290 e. The first-order valence-corrected chi connectivity index (χ1v) is 8.27. The highest BCUT2D eigenvalue weighted by atomic mass is 32.2. The first kappa shape index (κ1) is 15.3. The number of nitrogen functional groups attached to an aromatic ring is 1. The minimum atomic E-state index is -0.371. The topological polar surface area (TPSA) is 98.0 Å². The molecule has 2 amide bonds. The van der Waals surface area contributed by atoms with E-state index in [2.05, 4.69) is 15.3 Å². The summed E-state index contributed by atoms with van der Waals surface area (Å²) in [6.45, 7) is 0. The molecule has 0 radical (unpaired) electrons. The van der Waals surface area contributed by atoms with Crippen LogP contribution in [0.2, 0.25) is 0 Å². The Morgan fingerprint density at radius 2 is 1.96 bits per heavy atom. The molecule has 1 aliphatic rings. The Labute approximate surface area is 147 Å². The van der Waals surface area contributed by atoms with Crippen LogP contribution in [0.4, 0.5) is 10.6 Å². The third-order valence-electron chi connectivity index (χ3n) is 3.80. The van der Waals surface area contributed by atoms with Crippen LogP contribution in [-0.4, -0.2) is 21.1 Å². The number of benzene rings is 1. The van der Waals surface area contributed by atoms with E-state index in [0.29, 0.717) is 10.7 Å². The number of thioether (sulfide) groups is 1. The molecular weight excluding hydrogens is 336 g/mol. The SMILES string of the molecule is Nc1ccc(-c2ccnc3ccc(C=C4SC(=O)NC4=O)cc23)cn1. The summed E-state index contributed by atoms with van der Waals surface area (Å²) in [5, 5.41) is 2.83. The van der Waals surface area contributed by atoms with Crippen molar-refractivity contribution in [2.45, 2.75) is 0 Å². The molecule has 6 nitrogen and oxygen atoms in total. The number of pyridine rings is 2. The number of fused-ring (bicyclic) bond motifs is 1. The van der Waals surface area contributed by atoms with Crippen molar-refractivity contribution in [2.24, 2.45) is 0 Å². The van der Waals surface area contributed by atoms with Crippen LogP contribution in [0.1, 0.15) is 5.56 Å². The van der Waals surface area contributed by atoms with Crippen molar-refractivity contribution < 1.29 is 9.59 Å². The molecule has 3 aromatic rings. The van der Waals surface area contributed by atoms with E-state index in [1.165, 1.54) is 0 Å². The van der Waals surface area contributed by atoms with E-state index in [-0.39, 0.29) is 11.1 Å². The highest BCUT2D eigenvalue weighted by Crippen LogP contribution is 2.30. The molecule has 0 atom stereocenters. The van der Waals surface area contributed by atoms with Gasteiger partial charge in [-0.15, -0.1) is 0 Å². The fourth-order valence-corrected chi connectivity index (χ4v) is 3.32. The molecule has 3 heterocycles. The van der Waals surface area contributed by atoms with Crippen molar-refractivity contribution in [2.75, 3.05) is 5.73 Å². The number of hydrogen-bond donors (Lipinski definition) is 2. The molecule has 0 bridgehead atoms. The van der Waals surface area contributed by atoms with Crippen LogP contribution in [0.25, 0.3) is 28.1 Å². The van der Waals surface area contributed by atoms with Crippen LogP contribution in [0.3, 0.4) is 0 Å². The molecule has 4 rings (SSSR count). The first-order valence-electron chi connectivity index (χ1n) is 7.46. The first-order chi connectivity index (χ1) is 12.1. The molecule has 1 aliphatic heterocycles. The number of imide groups is 1. The molecule has 3 N–H and O–H groups in total. The number of nitrogens with zero attached hydrogens (tertiary/aromatic N) is 2. The molecule has 2 aromatic heterocycles. The van der Waals surface area contributed by atoms with E-state index in [9.17, 15) is 9.59 Å². The molecule has 0 spiro atoms. The van der Waals surface area contributed by atoms with Crippen LogP contribution in [0.5, 0.6) is 0 Å². The van der Waals surface area contributed by atoms with Gasteiger partial charge in [0.2, 0.25) is 0 Å². The van der Waals surface area contributed by atoms with Gasteiger partial charge < -0.3 is 5.73 Å². The number of carbonyl (C=O) groups is 2. The fourth-order valence-electron chi connectivity index (χ4n) is 2.64. The average molecular weight is 348 g/mol. The molecule has 0 unspecified atom stereocenters. The number of nitrogens with two attached hydrogens (primary N) is 1.